The summed E-state index contributed by atoms with van der Waals surface area (Å²) in [6.07, 6.45) is 1.53. The maximum Gasteiger partial charge on any atom is 0.361 e. The zero-order valence-electron chi connectivity index (χ0n) is 9.08. The van der Waals surface area contributed by atoms with Crippen LogP contribution in [0, 0.1) is 0 Å². The zero-order valence-corrected chi connectivity index (χ0v) is 9.08. The normalized spacial score (nSPS) is 10.8. The average Bonchev–Trinajstić information content (AvgIpc) is 2.12. The second-order valence-electron chi connectivity index (χ2n) is 3.82. The molecule has 5 nitrogen and oxygen atoms in total. The topological polar surface area (TPSA) is 55.4 Å². The highest BCUT2D eigenvalue weighted by Gasteiger charge is 2.19. The van der Waals surface area contributed by atoms with Crippen LogP contribution in [0.2, 0.25) is 0 Å². The van der Waals surface area contributed by atoms with Gasteiger partial charge in [-0.2, -0.15) is 0 Å². The molecule has 0 rings (SSSR count). The molecule has 0 aliphatic heterocycles. The highest BCUT2D eigenvalue weighted by Crippen LogP contribution is 1.99. The van der Waals surface area contributed by atoms with Crippen LogP contribution < -0.4 is 5.32 Å². The number of methoxy groups -OCH3 is 1. The number of ether oxygens (including phenoxy) is 1. The summed E-state index contributed by atoms with van der Waals surface area (Å²) in [5, 5.41) is 2.58. The van der Waals surface area contributed by atoms with Crippen molar-refractivity contribution in [3.05, 3.63) is 0 Å². The molecule has 14 heavy (non-hydrogen) atoms. The molecule has 0 atom stereocenters. The molecule has 5 heteroatoms. The zero-order chi connectivity index (χ0) is 11.0. The molecule has 82 valence electrons. The first-order valence-corrected chi connectivity index (χ1v) is 4.57. The summed E-state index contributed by atoms with van der Waals surface area (Å²) in [4.78, 5) is 21.0. The van der Waals surface area contributed by atoms with Gasteiger partial charge >= 0.3 is 5.97 Å². The summed E-state index contributed by atoms with van der Waals surface area (Å²) in [5.41, 5.74) is 0. The molecular weight excluding hydrogens is 184 g/mol. The van der Waals surface area contributed by atoms with E-state index >= 15 is 0 Å². The van der Waals surface area contributed by atoms with Crippen LogP contribution in [0.3, 0.4) is 0 Å². The van der Waals surface area contributed by atoms with Crippen molar-refractivity contribution in [3.63, 3.8) is 0 Å². The van der Waals surface area contributed by atoms with Gasteiger partial charge in [-0.1, -0.05) is 0 Å². The van der Waals surface area contributed by atoms with E-state index in [9.17, 15) is 9.59 Å². The number of hydrogen-bond acceptors (Lipinski definition) is 3. The highest BCUT2D eigenvalue weighted by molar-refractivity contribution is 5.70. The fraction of sp³-hybridized carbons (Fsp3) is 0.778. The highest BCUT2D eigenvalue weighted by atomic mass is 16.5. The van der Waals surface area contributed by atoms with Gasteiger partial charge in [0.15, 0.2) is 6.54 Å². The monoisotopic (exact) mass is 203 g/mol. The summed E-state index contributed by atoms with van der Waals surface area (Å²) in [5.74, 6) is -0.210. The van der Waals surface area contributed by atoms with Crippen molar-refractivity contribution in [1.29, 1.82) is 0 Å². The standard InChI is InChI=1S/C9H18N2O3/c1-11(2,7-9(13)14-3)6-4-5-10-8-12/h8H,4-7H2,1-3H3/p+1. The molecule has 0 aromatic heterocycles. The van der Waals surface area contributed by atoms with E-state index in [0.29, 0.717) is 24.0 Å². The third-order valence-corrected chi connectivity index (χ3v) is 1.95. The molecule has 0 aliphatic rings. The molecule has 0 saturated heterocycles. The van der Waals surface area contributed by atoms with Crippen molar-refractivity contribution < 1.29 is 18.8 Å². The number of nitrogens with one attached hydrogen (secondary N) is 1. The Morgan fingerprint density at radius 1 is 1.50 bits per heavy atom. The van der Waals surface area contributed by atoms with E-state index in [1.54, 1.807) is 0 Å². The average molecular weight is 203 g/mol. The van der Waals surface area contributed by atoms with E-state index in [0.717, 1.165) is 13.0 Å². The Labute approximate surface area is 84.6 Å². The van der Waals surface area contributed by atoms with E-state index in [-0.39, 0.29) is 5.97 Å². The second-order valence-corrected chi connectivity index (χ2v) is 3.82. The maximum atomic E-state index is 11.0. The summed E-state index contributed by atoms with van der Waals surface area (Å²) in [6.45, 7) is 1.83. The van der Waals surface area contributed by atoms with Gasteiger partial charge in [0, 0.05) is 13.0 Å². The molecule has 0 aromatic carbocycles. The minimum Gasteiger partial charge on any atom is -0.465 e. The first-order valence-electron chi connectivity index (χ1n) is 4.57. The molecule has 1 amide bonds. The Bertz CT molecular complexity index is 192. The van der Waals surface area contributed by atoms with E-state index in [1.807, 2.05) is 14.1 Å². The van der Waals surface area contributed by atoms with E-state index < -0.39 is 0 Å². The fourth-order valence-corrected chi connectivity index (χ4v) is 1.16. The van der Waals surface area contributed by atoms with Gasteiger partial charge in [0.1, 0.15) is 0 Å². The third-order valence-electron chi connectivity index (χ3n) is 1.95. The van der Waals surface area contributed by atoms with Crippen molar-refractivity contribution in [3.8, 4) is 0 Å². The summed E-state index contributed by atoms with van der Waals surface area (Å²) in [7, 11) is 5.30. The molecule has 0 fully saturated rings. The first kappa shape index (κ1) is 12.9. The van der Waals surface area contributed by atoms with Crippen LogP contribution >= 0.6 is 0 Å². The fourth-order valence-electron chi connectivity index (χ4n) is 1.16. The predicted octanol–water partition coefficient (Wildman–Crippen LogP) is -0.628. The first-order chi connectivity index (χ1) is 6.52. The van der Waals surface area contributed by atoms with Crippen LogP contribution in [-0.2, 0) is 14.3 Å². The van der Waals surface area contributed by atoms with Crippen molar-refractivity contribution in [1.82, 2.24) is 5.32 Å². The van der Waals surface area contributed by atoms with Crippen molar-refractivity contribution in [2.24, 2.45) is 0 Å². The number of nitrogens with zero attached hydrogens (tertiary/aromatic N) is 1. The number of likely N-dealkylation sites (N-methyl/N-ethyl adjacent to an activating group) is 1. The lowest BCUT2D eigenvalue weighted by Crippen LogP contribution is -2.45. The molecule has 0 heterocycles. The summed E-state index contributed by atoms with van der Waals surface area (Å²) >= 11 is 0. The minimum atomic E-state index is -0.210. The minimum absolute atomic E-state index is 0.210. The molecule has 0 spiro atoms. The maximum absolute atomic E-state index is 11.0. The number of hydrogen-bond donors (Lipinski definition) is 1. The van der Waals surface area contributed by atoms with Crippen LogP contribution in [-0.4, -0.2) is 57.7 Å². The summed E-state index contributed by atoms with van der Waals surface area (Å²) in [6, 6.07) is 0. The molecule has 0 bridgehead atoms. The van der Waals surface area contributed by atoms with Crippen molar-refractivity contribution in [2.75, 3.05) is 40.8 Å². The van der Waals surface area contributed by atoms with Gasteiger partial charge in [-0.05, 0) is 0 Å². The Kier molecular flexibility index (Phi) is 5.87. The van der Waals surface area contributed by atoms with Gasteiger partial charge in [0.25, 0.3) is 0 Å². The quantitative estimate of drug-likeness (QED) is 0.259. The Morgan fingerprint density at radius 2 is 2.14 bits per heavy atom. The van der Waals surface area contributed by atoms with Crippen LogP contribution in [0.1, 0.15) is 6.42 Å². The van der Waals surface area contributed by atoms with Gasteiger partial charge in [-0.3, -0.25) is 4.79 Å². The Morgan fingerprint density at radius 3 is 2.64 bits per heavy atom. The van der Waals surface area contributed by atoms with Crippen LogP contribution in [0.5, 0.6) is 0 Å². The van der Waals surface area contributed by atoms with Crippen molar-refractivity contribution >= 4 is 12.4 Å². The number of esters is 1. The van der Waals surface area contributed by atoms with Gasteiger partial charge < -0.3 is 14.5 Å². The number of carbonyl (C=O) groups excluding carboxylic acids is 2. The van der Waals surface area contributed by atoms with Gasteiger partial charge in [-0.15, -0.1) is 0 Å². The molecule has 1 N–H and O–H groups in total. The van der Waals surface area contributed by atoms with E-state index in [1.165, 1.54) is 7.11 Å². The van der Waals surface area contributed by atoms with E-state index in [4.69, 9.17) is 0 Å². The lowest BCUT2D eigenvalue weighted by molar-refractivity contribution is -0.883. The smallest absolute Gasteiger partial charge is 0.361 e. The SMILES string of the molecule is COC(=O)C[N+](C)(C)CCCNC=O. The number of rotatable bonds is 7. The largest absolute Gasteiger partial charge is 0.465 e. The van der Waals surface area contributed by atoms with Gasteiger partial charge in [-0.25, -0.2) is 4.79 Å². The second kappa shape index (κ2) is 6.37. The lowest BCUT2D eigenvalue weighted by atomic mass is 10.3. The molecule has 0 aliphatic carbocycles. The number of quaternary nitrogens is 1. The number of amides is 1. The molecule has 0 radical (unpaired) electrons. The predicted molar refractivity (Wildman–Crippen MR) is 52.5 cm³/mol. The van der Waals surface area contributed by atoms with Gasteiger partial charge in [0.2, 0.25) is 6.41 Å². The molecular formula is C9H19N2O3+. The van der Waals surface area contributed by atoms with Crippen LogP contribution in [0.4, 0.5) is 0 Å². The third kappa shape index (κ3) is 6.42. The van der Waals surface area contributed by atoms with Crippen LogP contribution in [0.25, 0.3) is 0 Å². The molecule has 0 saturated carbocycles. The van der Waals surface area contributed by atoms with E-state index in [2.05, 4.69) is 10.1 Å². The lowest BCUT2D eigenvalue weighted by Gasteiger charge is -2.28. The Balaban J connectivity index is 3.71. The summed E-state index contributed by atoms with van der Waals surface area (Å²) < 4.78 is 5.16. The van der Waals surface area contributed by atoms with Crippen LogP contribution in [0.15, 0.2) is 0 Å². The molecule has 0 unspecified atom stereocenters. The van der Waals surface area contributed by atoms with Crippen molar-refractivity contribution in [2.45, 2.75) is 6.42 Å². The molecule has 0 aromatic rings. The van der Waals surface area contributed by atoms with Gasteiger partial charge in [0.05, 0.1) is 27.7 Å². The number of carbonyl (C=O) groups is 2. The Hall–Kier alpha value is -1.10.